The van der Waals surface area contributed by atoms with Gasteiger partial charge in [0, 0.05) is 11.6 Å². The molecule has 0 unspecified atom stereocenters. The number of nitrogens with one attached hydrogen (secondary N) is 1. The molecule has 92 valence electrons. The van der Waals surface area contributed by atoms with E-state index in [1.165, 1.54) is 0 Å². The average molecular weight is 255 g/mol. The molecule has 0 aliphatic carbocycles. The van der Waals surface area contributed by atoms with Gasteiger partial charge in [0.2, 0.25) is 5.91 Å². The molecule has 0 atom stereocenters. The SMILES string of the molecule is CCOCCC(=O)N/N=C/c1ccc(Cl)cc1. The van der Waals surface area contributed by atoms with E-state index < -0.39 is 0 Å². The molecule has 1 amide bonds. The minimum absolute atomic E-state index is 0.163. The molecule has 0 aliphatic heterocycles. The predicted molar refractivity (Wildman–Crippen MR) is 68.3 cm³/mol. The molecule has 0 radical (unpaired) electrons. The van der Waals surface area contributed by atoms with Crippen molar-refractivity contribution in [1.29, 1.82) is 0 Å². The highest BCUT2D eigenvalue weighted by molar-refractivity contribution is 6.30. The molecular formula is C12H15ClN2O2. The third kappa shape index (κ3) is 6.04. The highest BCUT2D eigenvalue weighted by Gasteiger charge is 1.97. The maximum atomic E-state index is 11.2. The van der Waals surface area contributed by atoms with Gasteiger partial charge in [0.1, 0.15) is 0 Å². The van der Waals surface area contributed by atoms with Gasteiger partial charge in [-0.25, -0.2) is 5.43 Å². The summed E-state index contributed by atoms with van der Waals surface area (Å²) < 4.78 is 5.05. The molecule has 0 bridgehead atoms. The zero-order valence-corrected chi connectivity index (χ0v) is 10.4. The van der Waals surface area contributed by atoms with Gasteiger partial charge in [0.25, 0.3) is 0 Å². The van der Waals surface area contributed by atoms with Crippen molar-refractivity contribution < 1.29 is 9.53 Å². The van der Waals surface area contributed by atoms with E-state index >= 15 is 0 Å². The van der Waals surface area contributed by atoms with E-state index in [4.69, 9.17) is 16.3 Å². The van der Waals surface area contributed by atoms with E-state index in [1.807, 2.05) is 19.1 Å². The van der Waals surface area contributed by atoms with E-state index in [9.17, 15) is 4.79 Å². The molecule has 5 heteroatoms. The molecular weight excluding hydrogens is 240 g/mol. The van der Waals surface area contributed by atoms with Gasteiger partial charge < -0.3 is 4.74 Å². The lowest BCUT2D eigenvalue weighted by atomic mass is 10.2. The maximum Gasteiger partial charge on any atom is 0.242 e. The van der Waals surface area contributed by atoms with E-state index in [-0.39, 0.29) is 5.91 Å². The van der Waals surface area contributed by atoms with Crippen molar-refractivity contribution in [3.63, 3.8) is 0 Å². The Morgan fingerprint density at radius 1 is 1.47 bits per heavy atom. The Labute approximate surface area is 106 Å². The van der Waals surface area contributed by atoms with Crippen LogP contribution in [0.15, 0.2) is 29.4 Å². The Morgan fingerprint density at radius 2 is 2.18 bits per heavy atom. The smallest absolute Gasteiger partial charge is 0.242 e. The Balaban J connectivity index is 2.29. The van der Waals surface area contributed by atoms with Crippen LogP contribution in [0.25, 0.3) is 0 Å². The summed E-state index contributed by atoms with van der Waals surface area (Å²) in [5, 5.41) is 4.50. The van der Waals surface area contributed by atoms with Crippen LogP contribution in [0.2, 0.25) is 5.02 Å². The first-order chi connectivity index (χ1) is 8.22. The second kappa shape index (κ2) is 7.81. The topological polar surface area (TPSA) is 50.7 Å². The van der Waals surface area contributed by atoms with Crippen LogP contribution in [-0.4, -0.2) is 25.3 Å². The Morgan fingerprint density at radius 3 is 2.82 bits per heavy atom. The van der Waals surface area contributed by atoms with Gasteiger partial charge in [-0.05, 0) is 24.6 Å². The van der Waals surface area contributed by atoms with E-state index in [2.05, 4.69) is 10.5 Å². The van der Waals surface area contributed by atoms with Crippen LogP contribution in [0.4, 0.5) is 0 Å². The Kier molecular flexibility index (Phi) is 6.29. The van der Waals surface area contributed by atoms with Crippen molar-refractivity contribution in [2.24, 2.45) is 5.10 Å². The third-order valence-corrected chi connectivity index (χ3v) is 2.20. The number of hydrogen-bond donors (Lipinski definition) is 1. The molecule has 0 heterocycles. The van der Waals surface area contributed by atoms with Gasteiger partial charge >= 0.3 is 0 Å². The first kappa shape index (κ1) is 13.7. The van der Waals surface area contributed by atoms with Crippen LogP contribution >= 0.6 is 11.6 Å². The molecule has 0 aliphatic rings. The number of nitrogens with zero attached hydrogens (tertiary/aromatic N) is 1. The first-order valence-corrected chi connectivity index (χ1v) is 5.75. The van der Waals surface area contributed by atoms with Gasteiger partial charge in [-0.3, -0.25) is 4.79 Å². The molecule has 17 heavy (non-hydrogen) atoms. The van der Waals surface area contributed by atoms with Crippen molar-refractivity contribution >= 4 is 23.7 Å². The number of rotatable bonds is 6. The molecule has 1 aromatic rings. The van der Waals surface area contributed by atoms with Gasteiger partial charge in [-0.2, -0.15) is 5.10 Å². The summed E-state index contributed by atoms with van der Waals surface area (Å²) in [5.41, 5.74) is 3.30. The number of ether oxygens (including phenoxy) is 1. The van der Waals surface area contributed by atoms with Crippen molar-refractivity contribution in [3.05, 3.63) is 34.9 Å². The van der Waals surface area contributed by atoms with Gasteiger partial charge in [-0.15, -0.1) is 0 Å². The number of benzene rings is 1. The highest BCUT2D eigenvalue weighted by atomic mass is 35.5. The molecule has 0 saturated carbocycles. The van der Waals surface area contributed by atoms with Crippen LogP contribution in [0.5, 0.6) is 0 Å². The number of carbonyl (C=O) groups is 1. The molecule has 0 spiro atoms. The lowest BCUT2D eigenvalue weighted by Gasteiger charge is -1.99. The normalized spacial score (nSPS) is 10.7. The van der Waals surface area contributed by atoms with Crippen LogP contribution in [0.1, 0.15) is 18.9 Å². The van der Waals surface area contributed by atoms with E-state index in [0.29, 0.717) is 24.7 Å². The summed E-state index contributed by atoms with van der Waals surface area (Å²) in [4.78, 5) is 11.2. The van der Waals surface area contributed by atoms with Gasteiger partial charge in [-0.1, -0.05) is 23.7 Å². The van der Waals surface area contributed by atoms with Gasteiger partial charge in [0.05, 0.1) is 19.2 Å². The van der Waals surface area contributed by atoms with Crippen LogP contribution in [0.3, 0.4) is 0 Å². The molecule has 4 nitrogen and oxygen atoms in total. The summed E-state index contributed by atoms with van der Waals surface area (Å²) in [6, 6.07) is 7.16. The fraction of sp³-hybridized carbons (Fsp3) is 0.333. The number of amides is 1. The highest BCUT2D eigenvalue weighted by Crippen LogP contribution is 2.07. The van der Waals surface area contributed by atoms with Crippen LogP contribution in [0, 0.1) is 0 Å². The number of hydrazone groups is 1. The number of carbonyl (C=O) groups excluding carboxylic acids is 1. The molecule has 1 rings (SSSR count). The monoisotopic (exact) mass is 254 g/mol. The summed E-state index contributed by atoms with van der Waals surface area (Å²) in [7, 11) is 0. The third-order valence-electron chi connectivity index (χ3n) is 1.95. The number of halogens is 1. The summed E-state index contributed by atoms with van der Waals surface area (Å²) in [5.74, 6) is -0.163. The molecule has 0 aromatic heterocycles. The zero-order valence-electron chi connectivity index (χ0n) is 9.65. The molecule has 1 N–H and O–H groups in total. The van der Waals surface area contributed by atoms with Crippen molar-refractivity contribution in [1.82, 2.24) is 5.43 Å². The molecule has 1 aromatic carbocycles. The van der Waals surface area contributed by atoms with Crippen molar-refractivity contribution in [3.8, 4) is 0 Å². The lowest BCUT2D eigenvalue weighted by Crippen LogP contribution is -2.19. The maximum absolute atomic E-state index is 11.2. The average Bonchev–Trinajstić information content (AvgIpc) is 2.32. The Hall–Kier alpha value is -1.39. The van der Waals surface area contributed by atoms with Crippen molar-refractivity contribution in [2.75, 3.05) is 13.2 Å². The summed E-state index contributed by atoms with van der Waals surface area (Å²) in [6.45, 7) is 2.91. The standard InChI is InChI=1S/C12H15ClN2O2/c1-2-17-8-7-12(16)15-14-9-10-3-5-11(13)6-4-10/h3-6,9H,2,7-8H2,1H3,(H,15,16)/b14-9+. The lowest BCUT2D eigenvalue weighted by molar-refractivity contribution is -0.122. The summed E-state index contributed by atoms with van der Waals surface area (Å²) in [6.07, 6.45) is 1.88. The van der Waals surface area contributed by atoms with Crippen LogP contribution in [-0.2, 0) is 9.53 Å². The second-order valence-corrected chi connectivity index (χ2v) is 3.73. The zero-order chi connectivity index (χ0) is 12.5. The first-order valence-electron chi connectivity index (χ1n) is 5.37. The fourth-order valence-electron chi connectivity index (χ4n) is 1.09. The quantitative estimate of drug-likeness (QED) is 0.481. The second-order valence-electron chi connectivity index (χ2n) is 3.29. The Bertz CT molecular complexity index is 377. The largest absolute Gasteiger partial charge is 0.381 e. The summed E-state index contributed by atoms with van der Waals surface area (Å²) >= 11 is 5.74. The molecule has 0 saturated heterocycles. The fourth-order valence-corrected chi connectivity index (χ4v) is 1.22. The van der Waals surface area contributed by atoms with E-state index in [1.54, 1.807) is 18.3 Å². The van der Waals surface area contributed by atoms with Gasteiger partial charge in [0.15, 0.2) is 0 Å². The molecule has 0 fully saturated rings. The van der Waals surface area contributed by atoms with E-state index in [0.717, 1.165) is 5.56 Å². The van der Waals surface area contributed by atoms with Crippen molar-refractivity contribution in [2.45, 2.75) is 13.3 Å². The number of hydrogen-bond acceptors (Lipinski definition) is 3. The van der Waals surface area contributed by atoms with Crippen LogP contribution < -0.4 is 5.43 Å². The minimum atomic E-state index is -0.163. The predicted octanol–water partition coefficient (Wildman–Crippen LogP) is 2.22. The minimum Gasteiger partial charge on any atom is -0.381 e.